The summed E-state index contributed by atoms with van der Waals surface area (Å²) < 4.78 is 33.6. The molecule has 0 bridgehead atoms. The van der Waals surface area contributed by atoms with Crippen LogP contribution >= 0.6 is 0 Å². The summed E-state index contributed by atoms with van der Waals surface area (Å²) in [5.74, 6) is 0.249. The lowest BCUT2D eigenvalue weighted by Gasteiger charge is -2.23. The summed E-state index contributed by atoms with van der Waals surface area (Å²) >= 11 is 0. The van der Waals surface area contributed by atoms with Crippen molar-refractivity contribution < 1.29 is 13.2 Å². The van der Waals surface area contributed by atoms with Crippen LogP contribution in [0.4, 0.5) is 0 Å². The lowest BCUT2D eigenvalue weighted by Crippen LogP contribution is -2.36. The van der Waals surface area contributed by atoms with Crippen LogP contribution in [0.15, 0.2) is 17.2 Å². The Morgan fingerprint density at radius 3 is 2.55 bits per heavy atom. The molecule has 1 heterocycles. The van der Waals surface area contributed by atoms with Crippen molar-refractivity contribution in [3.63, 3.8) is 0 Å². The van der Waals surface area contributed by atoms with Crippen molar-refractivity contribution in [2.24, 2.45) is 18.7 Å². The van der Waals surface area contributed by atoms with Gasteiger partial charge in [-0.15, -0.1) is 0 Å². The largest absolute Gasteiger partial charge is 0.383 e. The Morgan fingerprint density at radius 1 is 1.45 bits per heavy atom. The fourth-order valence-corrected chi connectivity index (χ4v) is 3.66. The molecule has 0 fully saturated rings. The second-order valence-electron chi connectivity index (χ2n) is 5.23. The Balaban J connectivity index is 3.07. The number of aromatic nitrogens is 1. The van der Waals surface area contributed by atoms with Crippen molar-refractivity contribution >= 4 is 10.0 Å². The monoisotopic (exact) mass is 303 g/mol. The van der Waals surface area contributed by atoms with Crippen LogP contribution in [0, 0.1) is 5.92 Å². The van der Waals surface area contributed by atoms with E-state index in [1.54, 1.807) is 31.0 Å². The quantitative estimate of drug-likeness (QED) is 0.770. The highest BCUT2D eigenvalue weighted by atomic mass is 32.2. The lowest BCUT2D eigenvalue weighted by molar-refractivity contribution is 0.175. The molecule has 0 aliphatic rings. The van der Waals surface area contributed by atoms with E-state index in [0.717, 1.165) is 5.69 Å². The van der Waals surface area contributed by atoms with Gasteiger partial charge in [-0.25, -0.2) is 8.42 Å². The molecule has 0 amide bonds. The van der Waals surface area contributed by atoms with E-state index in [2.05, 4.69) is 0 Å². The number of ether oxygens (including phenoxy) is 1. The number of methoxy groups -OCH3 is 1. The Hall–Kier alpha value is -0.890. The molecule has 6 nitrogen and oxygen atoms in total. The highest BCUT2D eigenvalue weighted by Gasteiger charge is 2.26. The maximum Gasteiger partial charge on any atom is 0.244 e. The second kappa shape index (κ2) is 7.21. The average Bonchev–Trinajstić information content (AvgIpc) is 2.75. The molecule has 7 heteroatoms. The lowest BCUT2D eigenvalue weighted by atomic mass is 10.2. The molecular weight excluding hydrogens is 278 g/mol. The van der Waals surface area contributed by atoms with Gasteiger partial charge in [0.05, 0.1) is 6.61 Å². The first-order chi connectivity index (χ1) is 9.32. The molecule has 0 aliphatic carbocycles. The van der Waals surface area contributed by atoms with E-state index in [1.807, 2.05) is 13.8 Å². The highest BCUT2D eigenvalue weighted by molar-refractivity contribution is 7.89. The molecule has 0 radical (unpaired) electrons. The van der Waals surface area contributed by atoms with E-state index in [1.165, 1.54) is 4.31 Å². The molecule has 1 aromatic heterocycles. The molecule has 0 atom stereocenters. The van der Waals surface area contributed by atoms with Gasteiger partial charge in [-0.2, -0.15) is 4.31 Å². The molecule has 20 heavy (non-hydrogen) atoms. The van der Waals surface area contributed by atoms with Gasteiger partial charge in [0.15, 0.2) is 0 Å². The summed E-state index contributed by atoms with van der Waals surface area (Å²) in [6, 6.07) is 1.63. The molecule has 2 N–H and O–H groups in total. The first-order valence-corrected chi connectivity index (χ1v) is 8.11. The van der Waals surface area contributed by atoms with Crippen molar-refractivity contribution in [3.8, 4) is 0 Å². The molecule has 0 aromatic carbocycles. The van der Waals surface area contributed by atoms with Crippen molar-refractivity contribution in [2.45, 2.75) is 25.3 Å². The van der Waals surface area contributed by atoms with Crippen LogP contribution < -0.4 is 5.73 Å². The third kappa shape index (κ3) is 4.05. The summed E-state index contributed by atoms with van der Waals surface area (Å²) in [6.07, 6.45) is 1.61. The van der Waals surface area contributed by atoms with E-state index in [-0.39, 0.29) is 10.8 Å². The third-order valence-corrected chi connectivity index (χ3v) is 4.87. The maximum absolute atomic E-state index is 12.7. The predicted octanol–water partition coefficient (Wildman–Crippen LogP) is 0.777. The van der Waals surface area contributed by atoms with Crippen LogP contribution in [0.1, 0.15) is 19.5 Å². The molecule has 0 aliphatic heterocycles. The normalized spacial score (nSPS) is 12.6. The number of sulfonamides is 1. The molecule has 0 unspecified atom stereocenters. The zero-order chi connectivity index (χ0) is 15.3. The van der Waals surface area contributed by atoms with Crippen LogP contribution in [0.2, 0.25) is 0 Å². The minimum absolute atomic E-state index is 0.249. The molecule has 1 rings (SSSR count). The molecule has 116 valence electrons. The van der Waals surface area contributed by atoms with Crippen LogP contribution in [0.25, 0.3) is 0 Å². The summed E-state index contributed by atoms with van der Waals surface area (Å²) in [7, 11) is -0.144. The van der Waals surface area contributed by atoms with Crippen molar-refractivity contribution in [2.75, 3.05) is 26.8 Å². The Kier molecular flexibility index (Phi) is 6.19. The molecule has 0 saturated carbocycles. The van der Waals surface area contributed by atoms with Crippen LogP contribution in [-0.4, -0.2) is 44.1 Å². The minimum Gasteiger partial charge on any atom is -0.383 e. The standard InChI is InChI=1S/C13H25N3O3S/c1-11(2)9-16(5-6-19-4)20(17,18)13-7-12(8-14)15(3)10-13/h7,10-11H,5-6,8-9,14H2,1-4H3. The average molecular weight is 303 g/mol. The van der Waals surface area contributed by atoms with Gasteiger partial charge < -0.3 is 15.0 Å². The number of rotatable bonds is 8. The Morgan fingerprint density at radius 2 is 2.10 bits per heavy atom. The molecule has 1 aromatic rings. The zero-order valence-electron chi connectivity index (χ0n) is 12.7. The fraction of sp³-hybridized carbons (Fsp3) is 0.692. The van der Waals surface area contributed by atoms with Gasteiger partial charge in [-0.1, -0.05) is 13.8 Å². The van der Waals surface area contributed by atoms with Gasteiger partial charge in [0.2, 0.25) is 10.0 Å². The van der Waals surface area contributed by atoms with Gasteiger partial charge in [-0.05, 0) is 12.0 Å². The summed E-state index contributed by atoms with van der Waals surface area (Å²) in [6.45, 7) is 5.50. The molecule has 0 saturated heterocycles. The SMILES string of the molecule is COCCN(CC(C)C)S(=O)(=O)c1cc(CN)n(C)c1. The summed E-state index contributed by atoms with van der Waals surface area (Å²) in [4.78, 5) is 0.289. The van der Waals surface area contributed by atoms with Gasteiger partial charge in [-0.3, -0.25) is 0 Å². The topological polar surface area (TPSA) is 77.6 Å². The van der Waals surface area contributed by atoms with E-state index < -0.39 is 10.0 Å². The zero-order valence-corrected chi connectivity index (χ0v) is 13.5. The van der Waals surface area contributed by atoms with E-state index in [0.29, 0.717) is 26.2 Å². The van der Waals surface area contributed by atoms with Gasteiger partial charge in [0, 0.05) is 45.7 Å². The van der Waals surface area contributed by atoms with Crippen LogP contribution in [-0.2, 0) is 28.4 Å². The first kappa shape index (κ1) is 17.2. The van der Waals surface area contributed by atoms with Gasteiger partial charge >= 0.3 is 0 Å². The van der Waals surface area contributed by atoms with Crippen molar-refractivity contribution in [1.29, 1.82) is 0 Å². The predicted molar refractivity (Wildman–Crippen MR) is 78.8 cm³/mol. The van der Waals surface area contributed by atoms with Gasteiger partial charge in [0.25, 0.3) is 0 Å². The minimum atomic E-state index is -3.50. The maximum atomic E-state index is 12.7. The number of nitrogens with two attached hydrogens (primary N) is 1. The highest BCUT2D eigenvalue weighted by Crippen LogP contribution is 2.19. The van der Waals surface area contributed by atoms with Crippen LogP contribution in [0.5, 0.6) is 0 Å². The third-order valence-electron chi connectivity index (χ3n) is 3.04. The summed E-state index contributed by atoms with van der Waals surface area (Å²) in [5.41, 5.74) is 6.39. The van der Waals surface area contributed by atoms with Crippen molar-refractivity contribution in [1.82, 2.24) is 8.87 Å². The van der Waals surface area contributed by atoms with E-state index in [4.69, 9.17) is 10.5 Å². The number of aryl methyl sites for hydroxylation is 1. The number of hydrogen-bond donors (Lipinski definition) is 1. The Bertz CT molecular complexity index is 523. The summed E-state index contributed by atoms with van der Waals surface area (Å²) in [5, 5.41) is 0. The fourth-order valence-electron chi connectivity index (χ4n) is 1.98. The van der Waals surface area contributed by atoms with Crippen LogP contribution in [0.3, 0.4) is 0 Å². The van der Waals surface area contributed by atoms with E-state index >= 15 is 0 Å². The Labute approximate surface area is 121 Å². The first-order valence-electron chi connectivity index (χ1n) is 6.67. The van der Waals surface area contributed by atoms with Gasteiger partial charge in [0.1, 0.15) is 4.90 Å². The number of nitrogens with zero attached hydrogens (tertiary/aromatic N) is 2. The second-order valence-corrected chi connectivity index (χ2v) is 7.17. The molecular formula is C13H25N3O3S. The van der Waals surface area contributed by atoms with E-state index in [9.17, 15) is 8.42 Å². The number of hydrogen-bond acceptors (Lipinski definition) is 4. The molecule has 0 spiro atoms. The smallest absolute Gasteiger partial charge is 0.244 e. The van der Waals surface area contributed by atoms with Crippen molar-refractivity contribution in [3.05, 3.63) is 18.0 Å².